The van der Waals surface area contributed by atoms with Crippen LogP contribution in [0.1, 0.15) is 41.0 Å². The lowest BCUT2D eigenvalue weighted by molar-refractivity contribution is -0.147. The third-order valence-electron chi connectivity index (χ3n) is 5.93. The average molecular weight is 368 g/mol. The number of nitrogens with zero attached hydrogens (tertiary/aromatic N) is 3. The molecule has 0 aliphatic carbocycles. The Morgan fingerprint density at radius 3 is 2.74 bits per heavy atom. The minimum Gasteiger partial charge on any atom is -0.392 e. The van der Waals surface area contributed by atoms with E-state index in [1.807, 2.05) is 19.9 Å². The molecule has 2 fully saturated rings. The Kier molecular flexibility index (Phi) is 4.34. The molecule has 7 nitrogen and oxygen atoms in total. The van der Waals surface area contributed by atoms with Crippen LogP contribution in [0.25, 0.3) is 11.0 Å². The summed E-state index contributed by atoms with van der Waals surface area (Å²) >= 11 is 0. The molecule has 0 unspecified atom stereocenters. The second-order valence-electron chi connectivity index (χ2n) is 7.64. The minimum atomic E-state index is -0.892. The smallest absolute Gasteiger partial charge is 0.253 e. The van der Waals surface area contributed by atoms with E-state index in [9.17, 15) is 14.7 Å². The van der Waals surface area contributed by atoms with Crippen molar-refractivity contribution in [3.05, 3.63) is 35.2 Å². The fourth-order valence-electron chi connectivity index (χ4n) is 4.16. The predicted molar refractivity (Wildman–Crippen MR) is 100 cm³/mol. The van der Waals surface area contributed by atoms with Crippen molar-refractivity contribution in [1.29, 1.82) is 0 Å². The number of aryl methyl sites for hydroxylation is 2. The highest BCUT2D eigenvalue weighted by Crippen LogP contribution is 2.37. The van der Waals surface area contributed by atoms with E-state index in [0.717, 1.165) is 23.3 Å². The average Bonchev–Trinajstić information content (AvgIpc) is 2.66. The van der Waals surface area contributed by atoms with Crippen LogP contribution in [0, 0.1) is 19.3 Å². The van der Waals surface area contributed by atoms with Crippen LogP contribution in [-0.4, -0.2) is 57.5 Å². The van der Waals surface area contributed by atoms with E-state index in [0.29, 0.717) is 37.0 Å². The highest BCUT2D eigenvalue weighted by Gasteiger charge is 2.50. The number of carbonyl (C=O) groups excluding carboxylic acids is 2. The van der Waals surface area contributed by atoms with Gasteiger partial charge in [0.05, 0.1) is 33.9 Å². The number of carbonyl (C=O) groups is 2. The topological polar surface area (TPSA) is 95.4 Å². The number of nitrogens with one attached hydrogen (secondary N) is 1. The van der Waals surface area contributed by atoms with Gasteiger partial charge in [0.25, 0.3) is 5.91 Å². The number of fused-ring (bicyclic) bond motifs is 1. The molecular formula is C20H24N4O3. The summed E-state index contributed by atoms with van der Waals surface area (Å²) in [6.45, 7) is 5.12. The molecule has 2 atom stereocenters. The van der Waals surface area contributed by atoms with Crippen molar-refractivity contribution >= 4 is 22.8 Å². The number of hydrogen-bond acceptors (Lipinski definition) is 5. The number of aliphatic hydroxyl groups is 1. The van der Waals surface area contributed by atoms with E-state index >= 15 is 0 Å². The molecule has 0 radical (unpaired) electrons. The van der Waals surface area contributed by atoms with Gasteiger partial charge in [0.1, 0.15) is 0 Å². The molecule has 142 valence electrons. The van der Waals surface area contributed by atoms with Crippen LogP contribution in [0.5, 0.6) is 0 Å². The molecule has 1 aromatic heterocycles. The maximum atomic E-state index is 13.1. The zero-order valence-electron chi connectivity index (χ0n) is 15.7. The largest absolute Gasteiger partial charge is 0.392 e. The number of benzene rings is 1. The molecular weight excluding hydrogens is 344 g/mol. The van der Waals surface area contributed by atoms with Crippen LogP contribution in [0.15, 0.2) is 18.2 Å². The number of rotatable bonds is 1. The Morgan fingerprint density at radius 2 is 2.00 bits per heavy atom. The van der Waals surface area contributed by atoms with Crippen LogP contribution < -0.4 is 5.32 Å². The number of aromatic nitrogens is 2. The van der Waals surface area contributed by atoms with Crippen molar-refractivity contribution in [3.8, 4) is 0 Å². The molecule has 27 heavy (non-hydrogen) atoms. The van der Waals surface area contributed by atoms with E-state index in [2.05, 4.69) is 15.3 Å². The van der Waals surface area contributed by atoms with Gasteiger partial charge in [0.15, 0.2) is 0 Å². The van der Waals surface area contributed by atoms with E-state index in [-0.39, 0.29) is 18.4 Å². The van der Waals surface area contributed by atoms with Gasteiger partial charge in [-0.3, -0.25) is 9.59 Å². The zero-order valence-corrected chi connectivity index (χ0v) is 15.7. The predicted octanol–water partition coefficient (Wildman–Crippen LogP) is 1.35. The van der Waals surface area contributed by atoms with Crippen molar-refractivity contribution in [2.24, 2.45) is 5.41 Å². The Labute approximate surface area is 157 Å². The fraction of sp³-hybridized carbons (Fsp3) is 0.500. The van der Waals surface area contributed by atoms with E-state index < -0.39 is 11.5 Å². The molecule has 3 heterocycles. The van der Waals surface area contributed by atoms with Crippen LogP contribution >= 0.6 is 0 Å². The van der Waals surface area contributed by atoms with Crippen molar-refractivity contribution in [3.63, 3.8) is 0 Å². The summed E-state index contributed by atoms with van der Waals surface area (Å²) in [4.78, 5) is 36.3. The molecule has 2 amide bonds. The van der Waals surface area contributed by atoms with Gasteiger partial charge in [-0.05, 0) is 51.3 Å². The molecule has 0 saturated carbocycles. The van der Waals surface area contributed by atoms with Crippen LogP contribution in [0.3, 0.4) is 0 Å². The standard InChI is InChI=1S/C20H24N4O3/c1-12-13(2)23-16-10-14(4-5-15(16)22-12)18(26)24-9-6-17(25)20(11-24)7-3-8-21-19(20)27/h4-5,10,17,25H,3,6-9,11H2,1-2H3,(H,21,27)/t17-,20-/m1/s1. The van der Waals surface area contributed by atoms with Crippen molar-refractivity contribution in [2.45, 2.75) is 39.2 Å². The first-order valence-electron chi connectivity index (χ1n) is 9.41. The Morgan fingerprint density at radius 1 is 1.26 bits per heavy atom. The quantitative estimate of drug-likeness (QED) is 0.792. The highest BCUT2D eigenvalue weighted by molar-refractivity contribution is 5.98. The van der Waals surface area contributed by atoms with E-state index in [1.54, 1.807) is 17.0 Å². The van der Waals surface area contributed by atoms with Gasteiger partial charge in [0.2, 0.25) is 5.91 Å². The molecule has 2 N–H and O–H groups in total. The second kappa shape index (κ2) is 6.56. The van der Waals surface area contributed by atoms with Gasteiger partial charge in [-0.15, -0.1) is 0 Å². The van der Waals surface area contributed by atoms with Crippen LogP contribution in [-0.2, 0) is 4.79 Å². The minimum absolute atomic E-state index is 0.137. The molecule has 2 aliphatic heterocycles. The summed E-state index contributed by atoms with van der Waals surface area (Å²) in [6, 6.07) is 5.33. The normalized spacial score (nSPS) is 25.7. The summed E-state index contributed by atoms with van der Waals surface area (Å²) in [7, 11) is 0. The van der Waals surface area contributed by atoms with Gasteiger partial charge in [-0.1, -0.05) is 0 Å². The summed E-state index contributed by atoms with van der Waals surface area (Å²) in [6.07, 6.45) is 1.11. The van der Waals surface area contributed by atoms with Crippen LogP contribution in [0.4, 0.5) is 0 Å². The molecule has 2 aliphatic rings. The monoisotopic (exact) mass is 368 g/mol. The van der Waals surface area contributed by atoms with Crippen LogP contribution in [0.2, 0.25) is 0 Å². The third-order valence-corrected chi connectivity index (χ3v) is 5.93. The lowest BCUT2D eigenvalue weighted by atomic mass is 9.71. The maximum Gasteiger partial charge on any atom is 0.253 e. The molecule has 7 heteroatoms. The summed E-state index contributed by atoms with van der Waals surface area (Å²) in [5.74, 6) is -0.282. The number of amides is 2. The van der Waals surface area contributed by atoms with Gasteiger partial charge in [-0.2, -0.15) is 0 Å². The molecule has 2 aromatic rings. The molecule has 2 saturated heterocycles. The molecule has 1 spiro atoms. The fourth-order valence-corrected chi connectivity index (χ4v) is 4.16. The Balaban J connectivity index is 1.63. The van der Waals surface area contributed by atoms with Crippen molar-refractivity contribution < 1.29 is 14.7 Å². The molecule has 0 bridgehead atoms. The van der Waals surface area contributed by atoms with Crippen molar-refractivity contribution in [1.82, 2.24) is 20.2 Å². The number of aliphatic hydroxyl groups excluding tert-OH is 1. The van der Waals surface area contributed by atoms with Gasteiger partial charge in [0, 0.05) is 25.2 Å². The lowest BCUT2D eigenvalue weighted by Gasteiger charge is -2.46. The number of likely N-dealkylation sites (tertiary alicyclic amines) is 1. The van der Waals surface area contributed by atoms with E-state index in [1.165, 1.54) is 0 Å². The lowest BCUT2D eigenvalue weighted by Crippen LogP contribution is -2.62. The Bertz CT molecular complexity index is 929. The molecule has 4 rings (SSSR count). The van der Waals surface area contributed by atoms with E-state index in [4.69, 9.17) is 0 Å². The SMILES string of the molecule is Cc1nc2ccc(C(=O)N3CC[C@@H](O)[C@@]4(CCCNC4=O)C3)cc2nc1C. The summed E-state index contributed by atoms with van der Waals surface area (Å²) in [5, 5.41) is 13.4. The van der Waals surface area contributed by atoms with Gasteiger partial charge < -0.3 is 15.3 Å². The second-order valence-corrected chi connectivity index (χ2v) is 7.64. The first-order chi connectivity index (χ1) is 12.9. The highest BCUT2D eigenvalue weighted by atomic mass is 16.3. The molecule has 1 aromatic carbocycles. The Hall–Kier alpha value is -2.54. The first kappa shape index (κ1) is 17.9. The van der Waals surface area contributed by atoms with Gasteiger partial charge >= 0.3 is 0 Å². The zero-order chi connectivity index (χ0) is 19.2. The number of hydrogen-bond donors (Lipinski definition) is 2. The third kappa shape index (κ3) is 2.96. The number of piperidine rings is 2. The summed E-state index contributed by atoms with van der Waals surface area (Å²) < 4.78 is 0. The van der Waals surface area contributed by atoms with Crippen molar-refractivity contribution in [2.75, 3.05) is 19.6 Å². The van der Waals surface area contributed by atoms with Gasteiger partial charge in [-0.25, -0.2) is 9.97 Å². The first-order valence-corrected chi connectivity index (χ1v) is 9.41. The summed E-state index contributed by atoms with van der Waals surface area (Å²) in [5.41, 5.74) is 2.79. The maximum absolute atomic E-state index is 13.1.